The van der Waals surface area contributed by atoms with E-state index in [0.29, 0.717) is 0 Å². The van der Waals surface area contributed by atoms with Crippen LogP contribution in [0.5, 0.6) is 0 Å². The molecule has 2 aromatic rings. The number of aromatic nitrogens is 1. The van der Waals surface area contributed by atoms with E-state index in [-0.39, 0.29) is 0 Å². The second-order valence-electron chi connectivity index (χ2n) is 5.12. The summed E-state index contributed by atoms with van der Waals surface area (Å²) in [6.07, 6.45) is 3.44. The highest BCUT2D eigenvalue weighted by Crippen LogP contribution is 2.19. The van der Waals surface area contributed by atoms with E-state index in [0.717, 1.165) is 19.0 Å². The number of fused-ring (bicyclic) bond motifs is 1. The second-order valence-corrected chi connectivity index (χ2v) is 5.12. The van der Waals surface area contributed by atoms with Crippen LogP contribution in [0.3, 0.4) is 0 Å². The fraction of sp³-hybridized carbons (Fsp3) is 0.467. The minimum atomic E-state index is 0.757. The quantitative estimate of drug-likeness (QED) is 0.833. The van der Waals surface area contributed by atoms with E-state index in [1.807, 2.05) is 7.05 Å². The summed E-state index contributed by atoms with van der Waals surface area (Å²) in [6, 6.07) is 8.92. The fourth-order valence-electron chi connectivity index (χ4n) is 2.14. The number of benzene rings is 1. The first-order valence-electron chi connectivity index (χ1n) is 6.43. The zero-order chi connectivity index (χ0) is 12.3. The molecule has 1 aromatic carbocycles. The Morgan fingerprint density at radius 3 is 2.76 bits per heavy atom. The number of hydrogen-bond acceptors (Lipinski definition) is 1. The Morgan fingerprint density at radius 2 is 2.06 bits per heavy atom. The monoisotopic (exact) mass is 230 g/mol. The van der Waals surface area contributed by atoms with E-state index in [2.05, 4.69) is 54.2 Å². The van der Waals surface area contributed by atoms with Crippen molar-refractivity contribution < 1.29 is 0 Å². The number of aryl methyl sites for hydroxylation is 1. The number of nitrogens with one attached hydrogen (secondary N) is 1. The van der Waals surface area contributed by atoms with Crippen molar-refractivity contribution in [2.45, 2.75) is 33.4 Å². The summed E-state index contributed by atoms with van der Waals surface area (Å²) in [6.45, 7) is 6.60. The molecule has 0 saturated carbocycles. The normalized spacial score (nSPS) is 11.5. The van der Waals surface area contributed by atoms with Gasteiger partial charge in [0, 0.05) is 24.8 Å². The van der Waals surface area contributed by atoms with Crippen LogP contribution in [0.4, 0.5) is 0 Å². The summed E-state index contributed by atoms with van der Waals surface area (Å²) >= 11 is 0. The van der Waals surface area contributed by atoms with Gasteiger partial charge in [0.05, 0.1) is 0 Å². The van der Waals surface area contributed by atoms with Crippen LogP contribution in [-0.4, -0.2) is 11.6 Å². The predicted octanol–water partition coefficient (Wildman–Crippen LogP) is 3.41. The highest BCUT2D eigenvalue weighted by atomic mass is 14.9. The van der Waals surface area contributed by atoms with Gasteiger partial charge in [0.1, 0.15) is 0 Å². The van der Waals surface area contributed by atoms with Crippen LogP contribution in [0.15, 0.2) is 30.5 Å². The van der Waals surface area contributed by atoms with E-state index >= 15 is 0 Å². The Balaban J connectivity index is 2.26. The zero-order valence-corrected chi connectivity index (χ0v) is 11.0. The van der Waals surface area contributed by atoms with E-state index in [1.54, 1.807) is 0 Å². The molecule has 2 nitrogen and oxygen atoms in total. The van der Waals surface area contributed by atoms with Gasteiger partial charge in [0.25, 0.3) is 0 Å². The molecule has 17 heavy (non-hydrogen) atoms. The lowest BCUT2D eigenvalue weighted by atomic mass is 10.1. The van der Waals surface area contributed by atoms with Crippen LogP contribution in [0.2, 0.25) is 0 Å². The first-order chi connectivity index (χ1) is 8.20. The molecule has 0 bridgehead atoms. The smallest absolute Gasteiger partial charge is 0.0483 e. The molecule has 0 atom stereocenters. The average molecular weight is 230 g/mol. The average Bonchev–Trinajstić information content (AvgIpc) is 2.69. The molecular weight excluding hydrogens is 208 g/mol. The van der Waals surface area contributed by atoms with Gasteiger partial charge >= 0.3 is 0 Å². The molecule has 1 aromatic heterocycles. The van der Waals surface area contributed by atoms with E-state index in [9.17, 15) is 0 Å². The Hall–Kier alpha value is -1.28. The molecule has 2 rings (SSSR count). The molecule has 0 aliphatic carbocycles. The summed E-state index contributed by atoms with van der Waals surface area (Å²) < 4.78 is 2.37. The van der Waals surface area contributed by atoms with Crippen LogP contribution in [0, 0.1) is 5.92 Å². The molecular formula is C15H22N2. The maximum atomic E-state index is 3.20. The van der Waals surface area contributed by atoms with Crippen LogP contribution < -0.4 is 5.32 Å². The first kappa shape index (κ1) is 12.2. The number of nitrogens with zero attached hydrogens (tertiary/aromatic N) is 1. The molecule has 0 saturated heterocycles. The molecule has 0 amide bonds. The Labute approximate surface area is 104 Å². The van der Waals surface area contributed by atoms with Gasteiger partial charge in [-0.3, -0.25) is 0 Å². The van der Waals surface area contributed by atoms with Crippen molar-refractivity contribution in [1.29, 1.82) is 0 Å². The summed E-state index contributed by atoms with van der Waals surface area (Å²) in [5.74, 6) is 0.757. The van der Waals surface area contributed by atoms with Crippen LogP contribution in [0.1, 0.15) is 25.8 Å². The Bertz CT molecular complexity index is 483. The van der Waals surface area contributed by atoms with Crippen molar-refractivity contribution in [3.05, 3.63) is 36.0 Å². The van der Waals surface area contributed by atoms with Crippen LogP contribution in [-0.2, 0) is 13.1 Å². The third-order valence-electron chi connectivity index (χ3n) is 3.17. The molecule has 0 spiro atoms. The molecule has 0 aliphatic rings. The van der Waals surface area contributed by atoms with Crippen molar-refractivity contribution in [3.63, 3.8) is 0 Å². The minimum Gasteiger partial charge on any atom is -0.347 e. The SMILES string of the molecule is CNCc1ccc2ccn(CCC(C)C)c2c1. The highest BCUT2D eigenvalue weighted by molar-refractivity contribution is 5.80. The van der Waals surface area contributed by atoms with E-state index < -0.39 is 0 Å². The van der Waals surface area contributed by atoms with E-state index in [1.165, 1.54) is 22.9 Å². The van der Waals surface area contributed by atoms with Crippen LogP contribution >= 0.6 is 0 Å². The third-order valence-corrected chi connectivity index (χ3v) is 3.17. The first-order valence-corrected chi connectivity index (χ1v) is 6.43. The van der Waals surface area contributed by atoms with Gasteiger partial charge in [0.2, 0.25) is 0 Å². The van der Waals surface area contributed by atoms with Crippen molar-refractivity contribution in [2.75, 3.05) is 7.05 Å². The third kappa shape index (κ3) is 2.89. The van der Waals surface area contributed by atoms with Gasteiger partial charge in [-0.25, -0.2) is 0 Å². The predicted molar refractivity (Wildman–Crippen MR) is 74.2 cm³/mol. The van der Waals surface area contributed by atoms with Gasteiger partial charge in [0.15, 0.2) is 0 Å². The van der Waals surface area contributed by atoms with Gasteiger partial charge < -0.3 is 9.88 Å². The van der Waals surface area contributed by atoms with Gasteiger partial charge in [-0.15, -0.1) is 0 Å². The highest BCUT2D eigenvalue weighted by Gasteiger charge is 2.03. The topological polar surface area (TPSA) is 17.0 Å². The lowest BCUT2D eigenvalue weighted by molar-refractivity contribution is 0.524. The molecule has 0 fully saturated rings. The van der Waals surface area contributed by atoms with Crippen molar-refractivity contribution in [2.24, 2.45) is 5.92 Å². The van der Waals surface area contributed by atoms with Gasteiger partial charge in [-0.2, -0.15) is 0 Å². The number of hydrogen-bond donors (Lipinski definition) is 1. The molecule has 1 heterocycles. The molecule has 1 N–H and O–H groups in total. The lowest BCUT2D eigenvalue weighted by Gasteiger charge is -2.08. The molecule has 2 heteroatoms. The standard InChI is InChI=1S/C15H22N2/c1-12(2)6-8-17-9-7-14-5-4-13(11-16-3)10-15(14)17/h4-5,7,9-10,12,16H,6,8,11H2,1-3H3. The number of rotatable bonds is 5. The minimum absolute atomic E-state index is 0.757. The summed E-state index contributed by atoms with van der Waals surface area (Å²) in [7, 11) is 1.99. The van der Waals surface area contributed by atoms with Crippen molar-refractivity contribution in [3.8, 4) is 0 Å². The summed E-state index contributed by atoms with van der Waals surface area (Å²) in [4.78, 5) is 0. The molecule has 0 radical (unpaired) electrons. The zero-order valence-electron chi connectivity index (χ0n) is 11.0. The lowest BCUT2D eigenvalue weighted by Crippen LogP contribution is -2.05. The van der Waals surface area contributed by atoms with Crippen LogP contribution in [0.25, 0.3) is 10.9 Å². The van der Waals surface area contributed by atoms with Gasteiger partial charge in [-0.05, 0) is 42.5 Å². The van der Waals surface area contributed by atoms with Gasteiger partial charge in [-0.1, -0.05) is 26.0 Å². The Kier molecular flexibility index (Phi) is 3.85. The largest absolute Gasteiger partial charge is 0.347 e. The maximum absolute atomic E-state index is 3.20. The molecule has 0 unspecified atom stereocenters. The van der Waals surface area contributed by atoms with Crippen molar-refractivity contribution in [1.82, 2.24) is 9.88 Å². The molecule has 92 valence electrons. The Morgan fingerprint density at radius 1 is 1.24 bits per heavy atom. The second kappa shape index (κ2) is 5.37. The maximum Gasteiger partial charge on any atom is 0.0483 e. The van der Waals surface area contributed by atoms with E-state index in [4.69, 9.17) is 0 Å². The summed E-state index contributed by atoms with van der Waals surface area (Å²) in [5.41, 5.74) is 2.71. The molecule has 0 aliphatic heterocycles. The summed E-state index contributed by atoms with van der Waals surface area (Å²) in [5, 5.41) is 4.54. The fourth-order valence-corrected chi connectivity index (χ4v) is 2.14. The van der Waals surface area contributed by atoms with Crippen molar-refractivity contribution >= 4 is 10.9 Å².